The van der Waals surface area contributed by atoms with Gasteiger partial charge < -0.3 is 14.6 Å². The molecule has 7 nitrogen and oxygen atoms in total. The van der Waals surface area contributed by atoms with Crippen molar-refractivity contribution >= 4 is 16.7 Å². The third kappa shape index (κ3) is 4.23. The molecule has 2 aliphatic heterocycles. The number of β-amino-alcohol motifs (C(OH)–C–C–N with tert-alkyl or cyclic N) is 1. The van der Waals surface area contributed by atoms with Gasteiger partial charge in [-0.25, -0.2) is 13.5 Å². The van der Waals surface area contributed by atoms with Crippen molar-refractivity contribution in [1.29, 1.82) is 0 Å². The fourth-order valence-corrected chi connectivity index (χ4v) is 5.16. The van der Waals surface area contributed by atoms with Gasteiger partial charge in [0, 0.05) is 36.7 Å². The zero-order valence-corrected chi connectivity index (χ0v) is 19.5. The number of Topliss-reactive ketones (excluding diaryl/α,β-unsaturated/α-hetero) is 1. The van der Waals surface area contributed by atoms with Gasteiger partial charge in [0.15, 0.2) is 23.6 Å². The van der Waals surface area contributed by atoms with Crippen LogP contribution in [0, 0.1) is 11.6 Å². The van der Waals surface area contributed by atoms with Crippen LogP contribution in [-0.4, -0.2) is 57.4 Å². The summed E-state index contributed by atoms with van der Waals surface area (Å²) in [6, 6.07) is 8.61. The topological polar surface area (TPSA) is 76.8 Å². The first-order valence-corrected chi connectivity index (χ1v) is 12.0. The molecular formula is C27H25F2N3O4. The Morgan fingerprint density at radius 2 is 2.11 bits per heavy atom. The van der Waals surface area contributed by atoms with Crippen LogP contribution in [0.1, 0.15) is 35.8 Å². The van der Waals surface area contributed by atoms with Crippen LogP contribution in [-0.2, 0) is 4.74 Å². The predicted molar refractivity (Wildman–Crippen MR) is 127 cm³/mol. The number of ether oxygens (including phenoxy) is 2. The molecule has 1 N–H and O–H groups in total. The highest BCUT2D eigenvalue weighted by Crippen LogP contribution is 2.37. The summed E-state index contributed by atoms with van der Waals surface area (Å²) in [4.78, 5) is 14.9. The molecule has 36 heavy (non-hydrogen) atoms. The molecule has 3 aliphatic rings. The molecule has 0 spiro atoms. The minimum Gasteiger partial charge on any atom is -0.454 e. The van der Waals surface area contributed by atoms with Gasteiger partial charge in [0.1, 0.15) is 17.2 Å². The summed E-state index contributed by atoms with van der Waals surface area (Å²) >= 11 is 0. The summed E-state index contributed by atoms with van der Waals surface area (Å²) in [7, 11) is 0. The van der Waals surface area contributed by atoms with Crippen LogP contribution in [0.5, 0.6) is 5.75 Å². The van der Waals surface area contributed by atoms with E-state index in [1.165, 1.54) is 12.1 Å². The highest BCUT2D eigenvalue weighted by Gasteiger charge is 2.43. The average molecular weight is 494 g/mol. The Morgan fingerprint density at radius 3 is 2.89 bits per heavy atom. The lowest BCUT2D eigenvalue weighted by molar-refractivity contribution is -0.0366. The number of aromatic nitrogens is 2. The summed E-state index contributed by atoms with van der Waals surface area (Å²) in [6.07, 6.45) is 7.92. The van der Waals surface area contributed by atoms with Crippen molar-refractivity contribution in [2.75, 3.05) is 26.2 Å². The fourth-order valence-electron chi connectivity index (χ4n) is 5.16. The molecule has 3 aromatic rings. The smallest absolute Gasteiger partial charge is 0.176 e. The van der Waals surface area contributed by atoms with E-state index >= 15 is 0 Å². The van der Waals surface area contributed by atoms with Crippen LogP contribution in [0.15, 0.2) is 66.1 Å². The molecule has 0 amide bonds. The maximum absolute atomic E-state index is 13.9. The van der Waals surface area contributed by atoms with E-state index in [2.05, 4.69) is 5.10 Å². The molecule has 0 radical (unpaired) electrons. The normalized spacial score (nSPS) is 24.0. The second-order valence-electron chi connectivity index (χ2n) is 9.57. The lowest BCUT2D eigenvalue weighted by Gasteiger charge is -2.23. The number of rotatable bonds is 6. The Morgan fingerprint density at radius 1 is 1.22 bits per heavy atom. The maximum atomic E-state index is 13.9. The quantitative estimate of drug-likeness (QED) is 0.520. The average Bonchev–Trinajstić information content (AvgIpc) is 3.50. The minimum absolute atomic E-state index is 0.0587. The van der Waals surface area contributed by atoms with Crippen molar-refractivity contribution in [2.45, 2.75) is 31.1 Å². The van der Waals surface area contributed by atoms with E-state index < -0.39 is 17.2 Å². The number of benzene rings is 2. The van der Waals surface area contributed by atoms with Crippen LogP contribution in [0.25, 0.3) is 10.9 Å². The fraction of sp³-hybridized carbons (Fsp3) is 0.333. The number of carbonyl (C=O) groups excluding carboxylic acids is 1. The summed E-state index contributed by atoms with van der Waals surface area (Å²) in [5, 5.41) is 16.4. The van der Waals surface area contributed by atoms with E-state index in [9.17, 15) is 18.7 Å². The lowest BCUT2D eigenvalue weighted by atomic mass is 10.0. The minimum atomic E-state index is -1.29. The SMILES string of the molecule is O=C(CN1CC2=CC(Oc3ccc(F)cc3F)=C[C@]2(O)C1)c1ccc2c(cnn2C2CCCCO2)c1. The molecule has 0 saturated carbocycles. The number of carbonyl (C=O) groups is 1. The van der Waals surface area contributed by atoms with E-state index in [1.54, 1.807) is 18.3 Å². The number of allylic oxidation sites excluding steroid dienone is 1. The van der Waals surface area contributed by atoms with Gasteiger partial charge >= 0.3 is 0 Å². The number of aliphatic hydroxyl groups is 1. The standard InChI is InChI=1S/C27H25F2N3O4/c28-20-5-7-25(22(29)11-20)36-21-10-19-14-31(16-27(19,34)12-21)15-24(33)17-4-6-23-18(9-17)13-30-32(23)26-3-1-2-8-35-26/h4-7,9-13,26,34H,1-3,8,14-16H2/t26?,27-/m0/s1. The molecule has 1 unspecified atom stereocenters. The number of nitrogens with zero attached hydrogens (tertiary/aromatic N) is 3. The largest absolute Gasteiger partial charge is 0.454 e. The molecule has 3 heterocycles. The second kappa shape index (κ2) is 8.92. The van der Waals surface area contributed by atoms with Crippen LogP contribution >= 0.6 is 0 Å². The highest BCUT2D eigenvalue weighted by atomic mass is 19.1. The van der Waals surface area contributed by atoms with Crippen molar-refractivity contribution in [2.24, 2.45) is 0 Å². The molecule has 6 rings (SSSR count). The first kappa shape index (κ1) is 23.0. The van der Waals surface area contributed by atoms with Crippen LogP contribution in [0.2, 0.25) is 0 Å². The number of hydrogen-bond acceptors (Lipinski definition) is 6. The summed E-state index contributed by atoms with van der Waals surface area (Å²) < 4.78 is 40.3. The molecule has 2 aromatic carbocycles. The van der Waals surface area contributed by atoms with Gasteiger partial charge in [-0.2, -0.15) is 5.10 Å². The molecule has 1 aliphatic carbocycles. The maximum Gasteiger partial charge on any atom is 0.176 e. The highest BCUT2D eigenvalue weighted by molar-refractivity contribution is 6.00. The van der Waals surface area contributed by atoms with E-state index in [4.69, 9.17) is 9.47 Å². The lowest BCUT2D eigenvalue weighted by Crippen LogP contribution is -2.34. The monoisotopic (exact) mass is 493 g/mol. The first-order valence-electron chi connectivity index (χ1n) is 12.0. The summed E-state index contributed by atoms with van der Waals surface area (Å²) in [5.74, 6) is -1.41. The van der Waals surface area contributed by atoms with Crippen LogP contribution in [0.4, 0.5) is 8.78 Å². The van der Waals surface area contributed by atoms with E-state index in [1.807, 2.05) is 21.7 Å². The van der Waals surface area contributed by atoms with Gasteiger partial charge in [-0.1, -0.05) is 0 Å². The van der Waals surface area contributed by atoms with Crippen molar-refractivity contribution in [3.63, 3.8) is 0 Å². The Bertz CT molecular complexity index is 1410. The number of halogens is 2. The third-order valence-corrected chi connectivity index (χ3v) is 6.95. The zero-order valence-electron chi connectivity index (χ0n) is 19.5. The molecule has 186 valence electrons. The number of fused-ring (bicyclic) bond motifs is 2. The van der Waals surface area contributed by atoms with Crippen molar-refractivity contribution in [1.82, 2.24) is 14.7 Å². The molecule has 2 saturated heterocycles. The zero-order chi connectivity index (χ0) is 24.9. The van der Waals surface area contributed by atoms with E-state index in [0.29, 0.717) is 17.7 Å². The van der Waals surface area contributed by atoms with Crippen LogP contribution < -0.4 is 4.74 Å². The molecule has 9 heteroatoms. The molecule has 2 fully saturated rings. The van der Waals surface area contributed by atoms with Crippen LogP contribution in [0.3, 0.4) is 0 Å². The predicted octanol–water partition coefficient (Wildman–Crippen LogP) is 4.15. The van der Waals surface area contributed by atoms with E-state index in [-0.39, 0.29) is 36.6 Å². The summed E-state index contributed by atoms with van der Waals surface area (Å²) in [6.45, 7) is 1.45. The molecule has 2 atom stereocenters. The van der Waals surface area contributed by atoms with Gasteiger partial charge in [-0.3, -0.25) is 9.69 Å². The van der Waals surface area contributed by atoms with Gasteiger partial charge in [0.05, 0.1) is 18.3 Å². The Kier molecular flexibility index (Phi) is 5.70. The van der Waals surface area contributed by atoms with Crippen molar-refractivity contribution < 1.29 is 28.2 Å². The molecule has 1 aromatic heterocycles. The Balaban J connectivity index is 1.11. The number of ketones is 1. The van der Waals surface area contributed by atoms with E-state index in [0.717, 1.165) is 48.9 Å². The van der Waals surface area contributed by atoms with Gasteiger partial charge in [-0.15, -0.1) is 0 Å². The Labute approximate surface area is 206 Å². The van der Waals surface area contributed by atoms with Crippen molar-refractivity contribution in [3.8, 4) is 5.75 Å². The number of hydrogen-bond donors (Lipinski definition) is 1. The van der Waals surface area contributed by atoms with Gasteiger partial charge in [-0.05, 0) is 67.3 Å². The second-order valence-corrected chi connectivity index (χ2v) is 9.57. The first-order chi connectivity index (χ1) is 17.4. The van der Waals surface area contributed by atoms with Gasteiger partial charge in [0.2, 0.25) is 0 Å². The third-order valence-electron chi connectivity index (χ3n) is 6.95. The molecule has 0 bridgehead atoms. The Hall–Kier alpha value is -3.40. The molecular weight excluding hydrogens is 468 g/mol. The number of likely N-dealkylation sites (tertiary alicyclic amines) is 1. The summed E-state index contributed by atoms with van der Waals surface area (Å²) in [5.41, 5.74) is 0.883. The van der Waals surface area contributed by atoms with Crippen molar-refractivity contribution in [3.05, 3.63) is 83.3 Å². The van der Waals surface area contributed by atoms with Gasteiger partial charge in [0.25, 0.3) is 0 Å².